The molecule has 0 saturated carbocycles. The average molecular weight is 342 g/mol. The molecule has 25 heavy (non-hydrogen) atoms. The van der Waals surface area contributed by atoms with Crippen LogP contribution in [0, 0.1) is 17.0 Å². The maximum absolute atomic E-state index is 11.4. The van der Waals surface area contributed by atoms with Crippen molar-refractivity contribution in [2.24, 2.45) is 7.05 Å². The highest BCUT2D eigenvalue weighted by Crippen LogP contribution is 2.35. The normalized spacial score (nSPS) is 14.4. The van der Waals surface area contributed by atoms with Crippen molar-refractivity contribution in [1.82, 2.24) is 9.78 Å². The summed E-state index contributed by atoms with van der Waals surface area (Å²) in [5, 5.41) is 15.6. The maximum atomic E-state index is 11.4. The van der Waals surface area contributed by atoms with Crippen molar-refractivity contribution in [3.63, 3.8) is 0 Å². The van der Waals surface area contributed by atoms with Crippen LogP contribution in [-0.2, 0) is 7.05 Å². The van der Waals surface area contributed by atoms with Crippen LogP contribution in [0.15, 0.2) is 30.3 Å². The Balaban J connectivity index is 1.88. The largest absolute Gasteiger partial charge is 0.493 e. The molecule has 132 valence electrons. The van der Waals surface area contributed by atoms with Crippen LogP contribution in [0.1, 0.15) is 24.6 Å². The zero-order valence-electron chi connectivity index (χ0n) is 14.7. The molecule has 2 heterocycles. The highest BCUT2D eigenvalue weighted by Gasteiger charge is 2.29. The molecule has 0 atom stereocenters. The summed E-state index contributed by atoms with van der Waals surface area (Å²) in [6.07, 6.45) is 2.92. The van der Waals surface area contributed by atoms with E-state index in [1.54, 1.807) is 18.7 Å². The Morgan fingerprint density at radius 1 is 1.36 bits per heavy atom. The second-order valence-electron chi connectivity index (χ2n) is 5.99. The van der Waals surface area contributed by atoms with E-state index in [0.29, 0.717) is 31.2 Å². The van der Waals surface area contributed by atoms with Gasteiger partial charge in [0.2, 0.25) is 5.82 Å². The summed E-state index contributed by atoms with van der Waals surface area (Å²) in [6.45, 7) is 5.57. The number of ether oxygens (including phenoxy) is 1. The third kappa shape index (κ3) is 3.22. The highest BCUT2D eigenvalue weighted by molar-refractivity contribution is 5.73. The van der Waals surface area contributed by atoms with Gasteiger partial charge in [0, 0.05) is 25.7 Å². The fourth-order valence-corrected chi connectivity index (χ4v) is 3.32. The predicted octanol–water partition coefficient (Wildman–Crippen LogP) is 3.33. The van der Waals surface area contributed by atoms with Gasteiger partial charge in [-0.3, -0.25) is 10.1 Å². The number of benzene rings is 1. The van der Waals surface area contributed by atoms with Crippen molar-refractivity contribution in [3.8, 4) is 5.75 Å². The van der Waals surface area contributed by atoms with E-state index in [-0.39, 0.29) is 10.6 Å². The molecule has 0 saturated heterocycles. The fourth-order valence-electron chi connectivity index (χ4n) is 3.32. The molecule has 0 bridgehead atoms. The van der Waals surface area contributed by atoms with Crippen LogP contribution >= 0.6 is 0 Å². The first kappa shape index (κ1) is 17.0. The first-order chi connectivity index (χ1) is 12.0. The lowest BCUT2D eigenvalue weighted by Crippen LogP contribution is -2.30. The molecular formula is C18H22N4O3. The van der Waals surface area contributed by atoms with Crippen LogP contribution in [-0.4, -0.2) is 34.4 Å². The minimum atomic E-state index is -0.346. The zero-order valence-corrected chi connectivity index (χ0v) is 14.7. The first-order valence-electron chi connectivity index (χ1n) is 8.37. The molecule has 0 radical (unpaired) electrons. The van der Waals surface area contributed by atoms with E-state index in [9.17, 15) is 10.1 Å². The first-order valence-corrected chi connectivity index (χ1v) is 8.37. The van der Waals surface area contributed by atoms with Gasteiger partial charge in [0.25, 0.3) is 0 Å². The summed E-state index contributed by atoms with van der Waals surface area (Å²) in [5.74, 6) is 1.45. The van der Waals surface area contributed by atoms with E-state index >= 15 is 0 Å². The highest BCUT2D eigenvalue weighted by atomic mass is 16.6. The quantitative estimate of drug-likeness (QED) is 0.615. The summed E-state index contributed by atoms with van der Waals surface area (Å²) < 4.78 is 7.31. The monoisotopic (exact) mass is 342 g/mol. The van der Waals surface area contributed by atoms with Gasteiger partial charge in [0.15, 0.2) is 0 Å². The van der Waals surface area contributed by atoms with Crippen molar-refractivity contribution >= 4 is 17.1 Å². The smallest absolute Gasteiger partial charge is 0.333 e. The van der Waals surface area contributed by atoms with E-state index in [0.717, 1.165) is 17.7 Å². The molecule has 1 aromatic heterocycles. The van der Waals surface area contributed by atoms with E-state index in [1.165, 1.54) is 5.57 Å². The van der Waals surface area contributed by atoms with Gasteiger partial charge in [-0.25, -0.2) is 4.68 Å². The van der Waals surface area contributed by atoms with Crippen molar-refractivity contribution in [2.45, 2.75) is 20.3 Å². The molecule has 1 aliphatic heterocycles. The number of anilines is 1. The second kappa shape index (κ2) is 6.96. The molecule has 0 amide bonds. The molecule has 1 aromatic carbocycles. The molecule has 2 aromatic rings. The second-order valence-corrected chi connectivity index (χ2v) is 5.99. The predicted molar refractivity (Wildman–Crippen MR) is 97.0 cm³/mol. The Morgan fingerprint density at radius 2 is 2.12 bits per heavy atom. The number of nitro groups is 1. The van der Waals surface area contributed by atoms with Crippen molar-refractivity contribution in [2.75, 3.05) is 24.6 Å². The molecule has 1 aliphatic rings. The maximum Gasteiger partial charge on any atom is 0.333 e. The minimum Gasteiger partial charge on any atom is -0.493 e. The van der Waals surface area contributed by atoms with Crippen LogP contribution in [0.5, 0.6) is 5.75 Å². The summed E-state index contributed by atoms with van der Waals surface area (Å²) in [7, 11) is 1.75. The van der Waals surface area contributed by atoms with Gasteiger partial charge in [-0.05, 0) is 31.9 Å². The number of hydrogen-bond acceptors (Lipinski definition) is 5. The van der Waals surface area contributed by atoms with Crippen LogP contribution in [0.3, 0.4) is 0 Å². The Hall–Kier alpha value is -2.83. The van der Waals surface area contributed by atoms with Crippen LogP contribution in [0.4, 0.5) is 11.5 Å². The number of nitrogens with zero attached hydrogens (tertiary/aromatic N) is 4. The van der Waals surface area contributed by atoms with Gasteiger partial charge >= 0.3 is 5.69 Å². The van der Waals surface area contributed by atoms with Gasteiger partial charge in [-0.15, -0.1) is 0 Å². The van der Waals surface area contributed by atoms with Crippen LogP contribution in [0.25, 0.3) is 5.57 Å². The molecule has 7 heteroatoms. The van der Waals surface area contributed by atoms with Crippen molar-refractivity contribution in [3.05, 3.63) is 51.7 Å². The summed E-state index contributed by atoms with van der Waals surface area (Å²) in [5.41, 5.74) is 2.84. The number of para-hydroxylation sites is 1. The van der Waals surface area contributed by atoms with Crippen LogP contribution in [0.2, 0.25) is 0 Å². The molecule has 7 nitrogen and oxygen atoms in total. The summed E-state index contributed by atoms with van der Waals surface area (Å²) in [6, 6.07) is 8.00. The Bertz CT molecular complexity index is 826. The Morgan fingerprint density at radius 3 is 2.76 bits per heavy atom. The molecule has 0 N–H and O–H groups in total. The molecular weight excluding hydrogens is 320 g/mol. The minimum absolute atomic E-state index is 0.0917. The lowest BCUT2D eigenvalue weighted by Gasteiger charge is -2.28. The Labute approximate surface area is 146 Å². The number of aromatic nitrogens is 2. The lowest BCUT2D eigenvalue weighted by atomic mass is 9.98. The number of hydrogen-bond donors (Lipinski definition) is 0. The third-order valence-corrected chi connectivity index (χ3v) is 4.39. The molecule has 3 rings (SSSR count). The summed E-state index contributed by atoms with van der Waals surface area (Å²) >= 11 is 0. The Kier molecular flexibility index (Phi) is 4.74. The van der Waals surface area contributed by atoms with Gasteiger partial charge in [0.05, 0.1) is 11.5 Å². The molecule has 0 spiro atoms. The molecule has 0 unspecified atom stereocenters. The lowest BCUT2D eigenvalue weighted by molar-refractivity contribution is -0.384. The number of rotatable bonds is 5. The topological polar surface area (TPSA) is 73.4 Å². The van der Waals surface area contributed by atoms with Gasteiger partial charge in [-0.1, -0.05) is 24.3 Å². The van der Waals surface area contributed by atoms with E-state index in [2.05, 4.69) is 17.2 Å². The molecule has 0 fully saturated rings. The third-order valence-electron chi connectivity index (χ3n) is 4.39. The van der Waals surface area contributed by atoms with E-state index in [1.807, 2.05) is 30.0 Å². The van der Waals surface area contributed by atoms with E-state index < -0.39 is 0 Å². The zero-order chi connectivity index (χ0) is 18.0. The van der Waals surface area contributed by atoms with Crippen molar-refractivity contribution < 1.29 is 9.66 Å². The SMILES string of the molecule is CCOc1ccccc1C1=CCN(c2c([N+](=O)[O-])c(C)nn2C)CC1. The van der Waals surface area contributed by atoms with Gasteiger partial charge < -0.3 is 9.64 Å². The van der Waals surface area contributed by atoms with Gasteiger partial charge in [0.1, 0.15) is 11.4 Å². The fraction of sp³-hybridized carbons (Fsp3) is 0.389. The standard InChI is InChI=1S/C18H22N4O3/c1-4-25-16-8-6-5-7-15(16)14-9-11-21(12-10-14)18-17(22(23)24)13(2)19-20(18)3/h5-9H,4,10-12H2,1-3H3. The van der Waals surface area contributed by atoms with Gasteiger partial charge in [-0.2, -0.15) is 5.10 Å². The average Bonchev–Trinajstić information content (AvgIpc) is 2.90. The summed E-state index contributed by atoms with van der Waals surface area (Å²) in [4.78, 5) is 13.1. The van der Waals surface area contributed by atoms with Crippen molar-refractivity contribution in [1.29, 1.82) is 0 Å². The number of aryl methyl sites for hydroxylation is 2. The van der Waals surface area contributed by atoms with E-state index in [4.69, 9.17) is 4.74 Å². The van der Waals surface area contributed by atoms with Crippen LogP contribution < -0.4 is 9.64 Å². The molecule has 0 aliphatic carbocycles.